The van der Waals surface area contributed by atoms with Gasteiger partial charge in [0.1, 0.15) is 22.1 Å². The Hall–Kier alpha value is -3.72. The number of hydrogen-bond acceptors (Lipinski definition) is 6. The Morgan fingerprint density at radius 2 is 1.50 bits per heavy atom. The van der Waals surface area contributed by atoms with Gasteiger partial charge in [-0.25, -0.2) is 8.42 Å². The minimum absolute atomic E-state index is 0.0914. The van der Waals surface area contributed by atoms with Crippen LogP contribution in [-0.4, -0.2) is 35.2 Å². The number of ether oxygens (including phenoxy) is 3. The third kappa shape index (κ3) is 6.89. The first kappa shape index (κ1) is 24.9. The van der Waals surface area contributed by atoms with Crippen molar-refractivity contribution >= 4 is 27.3 Å². The molecule has 3 aromatic carbocycles. The van der Waals surface area contributed by atoms with Crippen molar-refractivity contribution in [2.75, 3.05) is 30.9 Å². The Kier molecular flexibility index (Phi) is 8.37. The van der Waals surface area contributed by atoms with Crippen molar-refractivity contribution in [2.45, 2.75) is 24.7 Å². The van der Waals surface area contributed by atoms with E-state index in [1.165, 1.54) is 26.4 Å². The van der Waals surface area contributed by atoms with Crippen LogP contribution in [0.4, 0.5) is 11.4 Å². The van der Waals surface area contributed by atoms with E-state index in [1.807, 2.05) is 31.2 Å². The number of rotatable bonds is 11. The minimum Gasteiger partial charge on any atom is -0.497 e. The Bertz CT molecular complexity index is 1210. The fraction of sp³-hybridized carbons (Fsp3) is 0.240. The summed E-state index contributed by atoms with van der Waals surface area (Å²) >= 11 is 0. The van der Waals surface area contributed by atoms with Crippen molar-refractivity contribution in [3.8, 4) is 17.2 Å². The Labute approximate surface area is 199 Å². The van der Waals surface area contributed by atoms with Crippen LogP contribution in [0.25, 0.3) is 0 Å². The number of nitrogens with one attached hydrogen (secondary N) is 2. The first-order chi connectivity index (χ1) is 16.3. The van der Waals surface area contributed by atoms with Gasteiger partial charge in [-0.05, 0) is 67.9 Å². The number of sulfonamides is 1. The summed E-state index contributed by atoms with van der Waals surface area (Å²) in [5.74, 6) is 1.27. The largest absolute Gasteiger partial charge is 0.497 e. The topological polar surface area (TPSA) is 103 Å². The van der Waals surface area contributed by atoms with Crippen molar-refractivity contribution < 1.29 is 27.4 Å². The van der Waals surface area contributed by atoms with Crippen molar-refractivity contribution in [1.29, 1.82) is 0 Å². The van der Waals surface area contributed by atoms with Gasteiger partial charge in [0.2, 0.25) is 5.91 Å². The SMILES string of the molecule is COc1ccc(NS(=O)(=O)c2cc(NC(=O)CCCOc3ccc(C)cc3)ccc2OC)cc1. The highest BCUT2D eigenvalue weighted by atomic mass is 32.2. The maximum absolute atomic E-state index is 13.0. The van der Waals surface area contributed by atoms with Gasteiger partial charge >= 0.3 is 0 Å². The van der Waals surface area contributed by atoms with E-state index < -0.39 is 10.0 Å². The van der Waals surface area contributed by atoms with Crippen LogP contribution in [0.15, 0.2) is 71.6 Å². The standard InChI is InChI=1S/C25H28N2O6S/c1-18-6-11-22(12-7-18)33-16-4-5-25(28)26-20-10-15-23(32-3)24(17-20)34(29,30)27-19-8-13-21(31-2)14-9-19/h6-15,17,27H,4-5,16H2,1-3H3,(H,26,28). The molecule has 0 heterocycles. The van der Waals surface area contributed by atoms with Gasteiger partial charge < -0.3 is 19.5 Å². The monoisotopic (exact) mass is 484 g/mol. The molecule has 0 saturated heterocycles. The normalized spacial score (nSPS) is 10.9. The maximum Gasteiger partial charge on any atom is 0.265 e. The summed E-state index contributed by atoms with van der Waals surface area (Å²) in [5, 5.41) is 2.73. The number of aryl methyl sites for hydroxylation is 1. The van der Waals surface area contributed by atoms with E-state index in [4.69, 9.17) is 14.2 Å². The lowest BCUT2D eigenvalue weighted by Crippen LogP contribution is -2.16. The highest BCUT2D eigenvalue weighted by Crippen LogP contribution is 2.29. The van der Waals surface area contributed by atoms with Gasteiger partial charge in [0.25, 0.3) is 10.0 Å². The Balaban J connectivity index is 1.61. The predicted octanol–water partition coefficient (Wildman–Crippen LogP) is 4.61. The first-order valence-corrected chi connectivity index (χ1v) is 12.1. The molecule has 0 atom stereocenters. The van der Waals surface area contributed by atoms with Gasteiger partial charge in [-0.3, -0.25) is 9.52 Å². The van der Waals surface area contributed by atoms with Gasteiger partial charge in [0.15, 0.2) is 0 Å². The third-order valence-electron chi connectivity index (χ3n) is 4.92. The molecular formula is C25H28N2O6S. The molecule has 0 aliphatic rings. The average molecular weight is 485 g/mol. The summed E-state index contributed by atoms with van der Waals surface area (Å²) in [6, 6.07) is 18.6. The molecule has 3 rings (SSSR count). The molecule has 0 fully saturated rings. The van der Waals surface area contributed by atoms with Crippen molar-refractivity contribution in [3.05, 3.63) is 72.3 Å². The zero-order valence-corrected chi connectivity index (χ0v) is 20.1. The number of anilines is 2. The molecule has 0 bridgehead atoms. The zero-order valence-electron chi connectivity index (χ0n) is 19.3. The van der Waals surface area contributed by atoms with Crippen LogP contribution < -0.4 is 24.2 Å². The quantitative estimate of drug-likeness (QED) is 0.385. The van der Waals surface area contributed by atoms with E-state index in [-0.39, 0.29) is 23.0 Å². The fourth-order valence-corrected chi connectivity index (χ4v) is 4.37. The van der Waals surface area contributed by atoms with E-state index in [0.717, 1.165) is 11.3 Å². The molecule has 8 nitrogen and oxygen atoms in total. The third-order valence-corrected chi connectivity index (χ3v) is 6.32. The number of carbonyl (C=O) groups excluding carboxylic acids is 1. The summed E-state index contributed by atoms with van der Waals surface area (Å²) in [6.07, 6.45) is 0.740. The van der Waals surface area contributed by atoms with E-state index in [1.54, 1.807) is 30.3 Å². The van der Waals surface area contributed by atoms with Crippen molar-refractivity contribution in [2.24, 2.45) is 0 Å². The highest BCUT2D eigenvalue weighted by molar-refractivity contribution is 7.92. The molecule has 0 saturated carbocycles. The molecule has 0 aromatic heterocycles. The summed E-state index contributed by atoms with van der Waals surface area (Å²) in [6.45, 7) is 2.39. The lowest BCUT2D eigenvalue weighted by molar-refractivity contribution is -0.116. The zero-order chi connectivity index (χ0) is 24.6. The minimum atomic E-state index is -3.98. The Morgan fingerprint density at radius 1 is 0.853 bits per heavy atom. The van der Waals surface area contributed by atoms with E-state index in [9.17, 15) is 13.2 Å². The molecule has 9 heteroatoms. The van der Waals surface area contributed by atoms with Crippen LogP contribution in [0.3, 0.4) is 0 Å². The van der Waals surface area contributed by atoms with E-state index in [0.29, 0.717) is 30.2 Å². The first-order valence-electron chi connectivity index (χ1n) is 10.6. The second-order valence-corrected chi connectivity index (χ2v) is 9.16. The number of carbonyl (C=O) groups is 1. The molecular weight excluding hydrogens is 456 g/mol. The summed E-state index contributed by atoms with van der Waals surface area (Å²) in [4.78, 5) is 12.3. The lowest BCUT2D eigenvalue weighted by atomic mass is 10.2. The summed E-state index contributed by atoms with van der Waals surface area (Å²) in [7, 11) is -1.06. The molecule has 0 unspecified atom stereocenters. The van der Waals surface area contributed by atoms with Crippen molar-refractivity contribution in [3.63, 3.8) is 0 Å². The molecule has 0 radical (unpaired) electrons. The van der Waals surface area contributed by atoms with Crippen LogP contribution in [0.1, 0.15) is 18.4 Å². The fourth-order valence-electron chi connectivity index (χ4n) is 3.11. The van der Waals surface area contributed by atoms with Gasteiger partial charge in [0.05, 0.1) is 20.8 Å². The van der Waals surface area contributed by atoms with E-state index >= 15 is 0 Å². The number of benzene rings is 3. The van der Waals surface area contributed by atoms with E-state index in [2.05, 4.69) is 10.0 Å². The van der Waals surface area contributed by atoms with Crippen LogP contribution in [0, 0.1) is 6.92 Å². The Morgan fingerprint density at radius 3 is 2.15 bits per heavy atom. The van der Waals surface area contributed by atoms with Crippen LogP contribution in [0.2, 0.25) is 0 Å². The molecule has 1 amide bonds. The molecule has 0 spiro atoms. The van der Waals surface area contributed by atoms with Gasteiger partial charge in [-0.1, -0.05) is 17.7 Å². The smallest absolute Gasteiger partial charge is 0.265 e. The van der Waals surface area contributed by atoms with Gasteiger partial charge in [-0.2, -0.15) is 0 Å². The molecule has 34 heavy (non-hydrogen) atoms. The predicted molar refractivity (Wildman–Crippen MR) is 131 cm³/mol. The second kappa shape index (κ2) is 11.4. The molecule has 0 aliphatic carbocycles. The number of hydrogen-bond donors (Lipinski definition) is 2. The van der Waals surface area contributed by atoms with Crippen LogP contribution >= 0.6 is 0 Å². The highest BCUT2D eigenvalue weighted by Gasteiger charge is 2.21. The van der Waals surface area contributed by atoms with Crippen molar-refractivity contribution in [1.82, 2.24) is 0 Å². The van der Waals surface area contributed by atoms with Gasteiger partial charge in [0, 0.05) is 17.8 Å². The molecule has 0 aliphatic heterocycles. The maximum atomic E-state index is 13.0. The van der Waals surface area contributed by atoms with Gasteiger partial charge in [-0.15, -0.1) is 0 Å². The lowest BCUT2D eigenvalue weighted by Gasteiger charge is -2.14. The number of amides is 1. The number of methoxy groups -OCH3 is 2. The molecule has 3 aromatic rings. The molecule has 180 valence electrons. The summed E-state index contributed by atoms with van der Waals surface area (Å²) in [5.41, 5.74) is 1.86. The average Bonchev–Trinajstić information content (AvgIpc) is 2.83. The summed E-state index contributed by atoms with van der Waals surface area (Å²) < 4.78 is 44.4. The van der Waals surface area contributed by atoms with Crippen LogP contribution in [0.5, 0.6) is 17.2 Å². The molecule has 2 N–H and O–H groups in total. The second-order valence-electron chi connectivity index (χ2n) is 7.51. The van der Waals surface area contributed by atoms with Crippen LogP contribution in [-0.2, 0) is 14.8 Å².